The van der Waals surface area contributed by atoms with Crippen LogP contribution in [0.3, 0.4) is 0 Å². The number of halogens is 1. The van der Waals surface area contributed by atoms with Gasteiger partial charge in [0.05, 0.1) is 13.7 Å². The van der Waals surface area contributed by atoms with Gasteiger partial charge in [0.15, 0.2) is 0 Å². The highest BCUT2D eigenvalue weighted by Crippen LogP contribution is 2.18. The third kappa shape index (κ3) is 5.24. The number of methoxy groups -OCH3 is 1. The Labute approximate surface area is 179 Å². The monoisotopic (exact) mass is 428 g/mol. The van der Waals surface area contributed by atoms with E-state index in [2.05, 4.69) is 0 Å². The van der Waals surface area contributed by atoms with E-state index in [1.54, 1.807) is 48.5 Å². The first-order valence-electron chi connectivity index (χ1n) is 9.40. The molecule has 1 aliphatic heterocycles. The van der Waals surface area contributed by atoms with E-state index in [0.717, 1.165) is 11.1 Å². The summed E-state index contributed by atoms with van der Waals surface area (Å²) in [6, 6.07) is 13.6. The molecule has 1 aliphatic rings. The number of nitrogens with zero attached hydrogens (tertiary/aromatic N) is 2. The van der Waals surface area contributed by atoms with Crippen LogP contribution in [0.15, 0.2) is 48.5 Å². The summed E-state index contributed by atoms with van der Waals surface area (Å²) in [6.45, 7) is 0.197. The second-order valence-electron chi connectivity index (χ2n) is 6.93. The second kappa shape index (κ2) is 9.54. The summed E-state index contributed by atoms with van der Waals surface area (Å²) in [5.74, 6) is -1.24. The third-order valence-corrected chi connectivity index (χ3v) is 5.07. The Hall–Kier alpha value is -3.19. The number of carbonyl (C=O) groups is 4. The van der Waals surface area contributed by atoms with Gasteiger partial charge in [0.2, 0.25) is 11.8 Å². The summed E-state index contributed by atoms with van der Waals surface area (Å²) < 4.78 is 4.71. The van der Waals surface area contributed by atoms with E-state index in [0.29, 0.717) is 10.6 Å². The van der Waals surface area contributed by atoms with Crippen molar-refractivity contribution in [1.82, 2.24) is 9.80 Å². The molecule has 0 radical (unpaired) electrons. The van der Waals surface area contributed by atoms with Crippen LogP contribution in [0.2, 0.25) is 5.02 Å². The van der Waals surface area contributed by atoms with Gasteiger partial charge in [-0.1, -0.05) is 35.9 Å². The van der Waals surface area contributed by atoms with Gasteiger partial charge in [-0.05, 0) is 35.4 Å². The zero-order chi connectivity index (χ0) is 21.7. The number of ether oxygens (including phenoxy) is 1. The van der Waals surface area contributed by atoms with Gasteiger partial charge in [0, 0.05) is 30.0 Å². The van der Waals surface area contributed by atoms with Crippen LogP contribution in [0.25, 0.3) is 0 Å². The fraction of sp³-hybridized carbons (Fsp3) is 0.273. The molecule has 0 N–H and O–H groups in total. The smallest absolute Gasteiger partial charge is 0.325 e. The zero-order valence-corrected chi connectivity index (χ0v) is 17.2. The molecule has 7 nitrogen and oxygen atoms in total. The average molecular weight is 429 g/mol. The van der Waals surface area contributed by atoms with Crippen molar-refractivity contribution in [3.8, 4) is 0 Å². The summed E-state index contributed by atoms with van der Waals surface area (Å²) in [5, 5.41) is 0.579. The van der Waals surface area contributed by atoms with Crippen LogP contribution >= 0.6 is 11.6 Å². The zero-order valence-electron chi connectivity index (χ0n) is 16.5. The second-order valence-corrected chi connectivity index (χ2v) is 7.37. The molecule has 1 heterocycles. The predicted octanol–water partition coefficient (Wildman–Crippen LogP) is 2.80. The average Bonchev–Trinajstić information content (AvgIpc) is 3.06. The van der Waals surface area contributed by atoms with E-state index < -0.39 is 5.97 Å². The molecule has 2 aromatic carbocycles. The van der Waals surface area contributed by atoms with Crippen LogP contribution in [-0.4, -0.2) is 47.1 Å². The minimum absolute atomic E-state index is 0.183. The molecule has 1 saturated heterocycles. The quantitative estimate of drug-likeness (QED) is 0.500. The molecule has 1 fully saturated rings. The lowest BCUT2D eigenvalue weighted by Gasteiger charge is -2.22. The first kappa shape index (κ1) is 21.5. The van der Waals surface area contributed by atoms with E-state index in [-0.39, 0.29) is 50.2 Å². The van der Waals surface area contributed by atoms with Crippen molar-refractivity contribution in [2.45, 2.75) is 25.9 Å². The van der Waals surface area contributed by atoms with Gasteiger partial charge in [-0.3, -0.25) is 24.1 Å². The van der Waals surface area contributed by atoms with E-state index in [4.69, 9.17) is 16.3 Å². The molecular formula is C22H21ClN2O5. The third-order valence-electron chi connectivity index (χ3n) is 4.82. The van der Waals surface area contributed by atoms with Crippen molar-refractivity contribution in [2.75, 3.05) is 13.7 Å². The highest BCUT2D eigenvalue weighted by molar-refractivity contribution is 6.30. The van der Waals surface area contributed by atoms with Crippen molar-refractivity contribution in [3.63, 3.8) is 0 Å². The van der Waals surface area contributed by atoms with E-state index in [1.807, 2.05) is 0 Å². The molecule has 30 heavy (non-hydrogen) atoms. The molecule has 8 heteroatoms. The van der Waals surface area contributed by atoms with Crippen molar-refractivity contribution < 1.29 is 23.9 Å². The molecule has 2 aromatic rings. The number of benzene rings is 2. The van der Waals surface area contributed by atoms with Crippen molar-refractivity contribution in [2.24, 2.45) is 0 Å². The van der Waals surface area contributed by atoms with E-state index in [9.17, 15) is 19.2 Å². The van der Waals surface area contributed by atoms with Gasteiger partial charge in [0.1, 0.15) is 6.54 Å². The van der Waals surface area contributed by atoms with Gasteiger partial charge >= 0.3 is 5.97 Å². The fourth-order valence-electron chi connectivity index (χ4n) is 3.15. The first-order chi connectivity index (χ1) is 14.4. The molecule has 0 unspecified atom stereocenters. The fourth-order valence-corrected chi connectivity index (χ4v) is 3.27. The molecule has 0 aromatic heterocycles. The standard InChI is InChI=1S/C22H21ClN2O5/c1-30-21(28)14-24(12-15-4-8-18(23)9-5-15)22(29)17-6-2-16(3-7-17)13-25-19(26)10-11-20(25)27/h2-9H,10-14H2,1H3. The van der Waals surface area contributed by atoms with Crippen LogP contribution in [0.4, 0.5) is 0 Å². The van der Waals surface area contributed by atoms with E-state index >= 15 is 0 Å². The highest BCUT2D eigenvalue weighted by Gasteiger charge is 2.28. The Balaban J connectivity index is 1.74. The predicted molar refractivity (Wildman–Crippen MR) is 109 cm³/mol. The molecule has 0 bridgehead atoms. The van der Waals surface area contributed by atoms with Crippen molar-refractivity contribution in [1.29, 1.82) is 0 Å². The van der Waals surface area contributed by atoms with E-state index in [1.165, 1.54) is 16.9 Å². The summed E-state index contributed by atoms with van der Waals surface area (Å²) in [6.07, 6.45) is 0.477. The van der Waals surface area contributed by atoms with Crippen LogP contribution < -0.4 is 0 Å². The highest BCUT2D eigenvalue weighted by atomic mass is 35.5. The topological polar surface area (TPSA) is 84.0 Å². The Morgan fingerprint density at radius 3 is 2.10 bits per heavy atom. The number of esters is 1. The van der Waals surface area contributed by atoms with Crippen LogP contribution in [0.1, 0.15) is 34.3 Å². The molecule has 0 atom stereocenters. The summed E-state index contributed by atoms with van der Waals surface area (Å²) in [4.78, 5) is 51.0. The number of likely N-dealkylation sites (tertiary alicyclic amines) is 1. The maximum absolute atomic E-state index is 13.0. The number of imide groups is 1. The van der Waals surface area contributed by atoms with Crippen LogP contribution in [0, 0.1) is 0 Å². The molecule has 0 spiro atoms. The van der Waals surface area contributed by atoms with Gasteiger partial charge < -0.3 is 9.64 Å². The largest absolute Gasteiger partial charge is 0.468 e. The van der Waals surface area contributed by atoms with Crippen LogP contribution in [0.5, 0.6) is 0 Å². The Morgan fingerprint density at radius 2 is 1.53 bits per heavy atom. The van der Waals surface area contributed by atoms with Gasteiger partial charge in [-0.2, -0.15) is 0 Å². The first-order valence-corrected chi connectivity index (χ1v) is 9.78. The number of carbonyl (C=O) groups excluding carboxylic acids is 4. The van der Waals surface area contributed by atoms with Gasteiger partial charge in [-0.15, -0.1) is 0 Å². The molecule has 3 rings (SSSR count). The maximum atomic E-state index is 13.0. The molecule has 0 saturated carbocycles. The Morgan fingerprint density at radius 1 is 0.967 bits per heavy atom. The molecule has 156 valence electrons. The Bertz CT molecular complexity index is 940. The lowest BCUT2D eigenvalue weighted by molar-refractivity contribution is -0.141. The summed E-state index contributed by atoms with van der Waals surface area (Å²) in [7, 11) is 1.27. The van der Waals surface area contributed by atoms with Gasteiger partial charge in [-0.25, -0.2) is 0 Å². The minimum atomic E-state index is -0.528. The number of hydrogen-bond donors (Lipinski definition) is 0. The van der Waals surface area contributed by atoms with Crippen LogP contribution in [-0.2, 0) is 32.2 Å². The number of hydrogen-bond acceptors (Lipinski definition) is 5. The molecule has 3 amide bonds. The minimum Gasteiger partial charge on any atom is -0.468 e. The summed E-state index contributed by atoms with van der Waals surface area (Å²) >= 11 is 5.91. The van der Waals surface area contributed by atoms with Crippen molar-refractivity contribution >= 4 is 35.3 Å². The lowest BCUT2D eigenvalue weighted by atomic mass is 10.1. The van der Waals surface area contributed by atoms with Gasteiger partial charge in [0.25, 0.3) is 5.91 Å². The normalized spacial score (nSPS) is 13.5. The number of amides is 3. The van der Waals surface area contributed by atoms with Crippen molar-refractivity contribution in [3.05, 3.63) is 70.2 Å². The molecular weight excluding hydrogens is 408 g/mol. The Kier molecular flexibility index (Phi) is 6.84. The lowest BCUT2D eigenvalue weighted by Crippen LogP contribution is -2.35. The summed E-state index contributed by atoms with van der Waals surface area (Å²) in [5.41, 5.74) is 1.95. The SMILES string of the molecule is COC(=O)CN(Cc1ccc(Cl)cc1)C(=O)c1ccc(CN2C(=O)CCC2=O)cc1. The molecule has 0 aliphatic carbocycles. The maximum Gasteiger partial charge on any atom is 0.325 e. The number of rotatable bonds is 7.